The molecule has 3 nitrogen and oxygen atoms in total. The summed E-state index contributed by atoms with van der Waals surface area (Å²) in [4.78, 5) is 4.49. The molecule has 0 saturated carbocycles. The van der Waals surface area contributed by atoms with E-state index in [1.807, 2.05) is 11.8 Å². The quantitative estimate of drug-likeness (QED) is 0.802. The molecule has 0 spiro atoms. The third kappa shape index (κ3) is 2.88. The van der Waals surface area contributed by atoms with Gasteiger partial charge in [0, 0.05) is 18.4 Å². The summed E-state index contributed by atoms with van der Waals surface area (Å²) in [5, 5.41) is 5.21. The molecule has 2 atom stereocenters. The molecule has 0 bridgehead atoms. The third-order valence-corrected chi connectivity index (χ3v) is 4.40. The van der Waals surface area contributed by atoms with Crippen molar-refractivity contribution in [1.29, 1.82) is 0 Å². The lowest BCUT2D eigenvalue weighted by molar-refractivity contribution is 0.0246. The smallest absolute Gasteiger partial charge is 0.157 e. The van der Waals surface area contributed by atoms with Gasteiger partial charge in [0.2, 0.25) is 0 Å². The van der Waals surface area contributed by atoms with Gasteiger partial charge in [-0.05, 0) is 26.2 Å². The summed E-state index contributed by atoms with van der Waals surface area (Å²) in [5.41, 5.74) is 0.0351. The summed E-state index contributed by atoms with van der Waals surface area (Å²) in [6.45, 7) is 7.19. The number of ether oxygens (including phenoxy) is 1. The zero-order valence-corrected chi connectivity index (χ0v) is 10.4. The fourth-order valence-corrected chi connectivity index (χ4v) is 2.90. The predicted octanol–water partition coefficient (Wildman–Crippen LogP) is 2.03. The first kappa shape index (κ1) is 11.3. The van der Waals surface area contributed by atoms with Crippen molar-refractivity contribution in [3.63, 3.8) is 0 Å². The summed E-state index contributed by atoms with van der Waals surface area (Å²) in [7, 11) is 0. The molecule has 86 valence electrons. The monoisotopic (exact) mass is 228 g/mol. The van der Waals surface area contributed by atoms with Crippen molar-refractivity contribution in [2.45, 2.75) is 44.0 Å². The third-order valence-electron chi connectivity index (χ3n) is 3.09. The van der Waals surface area contributed by atoms with Crippen LogP contribution < -0.4 is 5.32 Å². The molecule has 2 unspecified atom stereocenters. The topological polar surface area (TPSA) is 33.6 Å². The Morgan fingerprint density at radius 1 is 1.67 bits per heavy atom. The lowest BCUT2D eigenvalue weighted by atomic mass is 10.0. The molecule has 4 heteroatoms. The van der Waals surface area contributed by atoms with Gasteiger partial charge < -0.3 is 10.1 Å². The van der Waals surface area contributed by atoms with E-state index in [1.54, 1.807) is 0 Å². The number of nitrogens with one attached hydrogen (secondary N) is 1. The predicted molar refractivity (Wildman–Crippen MR) is 65.6 cm³/mol. The lowest BCUT2D eigenvalue weighted by Crippen LogP contribution is -2.38. The van der Waals surface area contributed by atoms with Gasteiger partial charge in [-0.25, -0.2) is 0 Å². The second kappa shape index (κ2) is 4.74. The van der Waals surface area contributed by atoms with Crippen molar-refractivity contribution in [1.82, 2.24) is 5.32 Å². The summed E-state index contributed by atoms with van der Waals surface area (Å²) >= 11 is 1.88. The van der Waals surface area contributed by atoms with Gasteiger partial charge in [0.15, 0.2) is 5.17 Å². The van der Waals surface area contributed by atoms with Crippen LogP contribution >= 0.6 is 11.8 Å². The molecule has 1 saturated heterocycles. The van der Waals surface area contributed by atoms with Crippen molar-refractivity contribution in [3.05, 3.63) is 0 Å². The average Bonchev–Trinajstić information content (AvgIpc) is 2.84. The van der Waals surface area contributed by atoms with E-state index in [0.29, 0.717) is 5.25 Å². The zero-order chi connectivity index (χ0) is 10.7. The van der Waals surface area contributed by atoms with Gasteiger partial charge in [-0.1, -0.05) is 18.7 Å². The molecule has 1 N–H and O–H groups in total. The number of hydrogen-bond acceptors (Lipinski definition) is 4. The Kier molecular flexibility index (Phi) is 3.57. The fraction of sp³-hybridized carbons (Fsp3) is 0.909. The van der Waals surface area contributed by atoms with Gasteiger partial charge in [0.1, 0.15) is 0 Å². The zero-order valence-electron chi connectivity index (χ0n) is 9.58. The van der Waals surface area contributed by atoms with Crippen LogP contribution in [0.3, 0.4) is 0 Å². The molecule has 15 heavy (non-hydrogen) atoms. The minimum absolute atomic E-state index is 0.0351. The number of nitrogens with zero attached hydrogens (tertiary/aromatic N) is 1. The Morgan fingerprint density at radius 2 is 2.53 bits per heavy atom. The number of aliphatic imine (C=N–C) groups is 1. The van der Waals surface area contributed by atoms with Crippen LogP contribution in [-0.4, -0.2) is 35.7 Å². The van der Waals surface area contributed by atoms with Crippen molar-refractivity contribution in [2.75, 3.05) is 19.7 Å². The Bertz CT molecular complexity index is 249. The highest BCUT2D eigenvalue weighted by molar-refractivity contribution is 8.14. The standard InChI is InChI=1S/C11H20N2OS/c1-3-9-7-12-10(15-9)13-8-11(2)5-4-6-14-11/h9H,3-8H2,1-2H3,(H,12,13). The molecule has 0 radical (unpaired) electrons. The molecular formula is C11H20N2OS. The van der Waals surface area contributed by atoms with E-state index in [0.717, 1.165) is 31.3 Å². The fourth-order valence-electron chi connectivity index (χ4n) is 1.97. The van der Waals surface area contributed by atoms with Crippen LogP contribution in [0.5, 0.6) is 0 Å². The highest BCUT2D eigenvalue weighted by Gasteiger charge is 2.30. The van der Waals surface area contributed by atoms with Gasteiger partial charge in [0.25, 0.3) is 0 Å². The highest BCUT2D eigenvalue weighted by Crippen LogP contribution is 2.26. The molecule has 2 rings (SSSR count). The molecule has 0 aliphatic carbocycles. The number of rotatable bonds is 3. The van der Waals surface area contributed by atoms with Crippen LogP contribution in [0.4, 0.5) is 0 Å². The van der Waals surface area contributed by atoms with Crippen molar-refractivity contribution in [2.24, 2.45) is 4.99 Å². The minimum Gasteiger partial charge on any atom is -0.373 e. The number of hydrogen-bond donors (Lipinski definition) is 1. The molecule has 2 aliphatic rings. The van der Waals surface area contributed by atoms with Gasteiger partial charge in [-0.2, -0.15) is 0 Å². The summed E-state index contributed by atoms with van der Waals surface area (Å²) in [5.74, 6) is 0. The molecular weight excluding hydrogens is 208 g/mol. The van der Waals surface area contributed by atoms with Crippen LogP contribution in [0.2, 0.25) is 0 Å². The second-order valence-corrected chi connectivity index (χ2v) is 5.84. The average molecular weight is 228 g/mol. The Labute approximate surface area is 96.1 Å². The minimum atomic E-state index is 0.0351. The maximum Gasteiger partial charge on any atom is 0.157 e. The van der Waals surface area contributed by atoms with E-state index >= 15 is 0 Å². The van der Waals surface area contributed by atoms with E-state index < -0.39 is 0 Å². The normalized spacial score (nSPS) is 35.6. The van der Waals surface area contributed by atoms with E-state index in [9.17, 15) is 0 Å². The van der Waals surface area contributed by atoms with Crippen molar-refractivity contribution >= 4 is 16.9 Å². The largest absolute Gasteiger partial charge is 0.373 e. The lowest BCUT2D eigenvalue weighted by Gasteiger charge is -2.23. The first-order valence-corrected chi connectivity index (χ1v) is 6.69. The van der Waals surface area contributed by atoms with Crippen molar-refractivity contribution in [3.8, 4) is 0 Å². The molecule has 2 aliphatic heterocycles. The van der Waals surface area contributed by atoms with Gasteiger partial charge in [-0.15, -0.1) is 0 Å². The van der Waals surface area contributed by atoms with Crippen LogP contribution in [0.1, 0.15) is 33.1 Å². The van der Waals surface area contributed by atoms with Gasteiger partial charge in [-0.3, -0.25) is 4.99 Å². The molecule has 0 aromatic carbocycles. The maximum atomic E-state index is 5.73. The van der Waals surface area contributed by atoms with Crippen LogP contribution in [0, 0.1) is 0 Å². The molecule has 0 aromatic heterocycles. The van der Waals surface area contributed by atoms with Gasteiger partial charge in [0.05, 0.1) is 12.1 Å². The first-order chi connectivity index (χ1) is 7.22. The Morgan fingerprint density at radius 3 is 3.13 bits per heavy atom. The highest BCUT2D eigenvalue weighted by atomic mass is 32.2. The van der Waals surface area contributed by atoms with Crippen molar-refractivity contribution < 1.29 is 4.74 Å². The maximum absolute atomic E-state index is 5.73. The molecule has 2 heterocycles. The number of thioether (sulfide) groups is 1. The van der Waals surface area contributed by atoms with Crippen LogP contribution in [0.25, 0.3) is 0 Å². The molecule has 0 aromatic rings. The van der Waals surface area contributed by atoms with E-state index in [1.165, 1.54) is 12.8 Å². The molecule has 1 fully saturated rings. The summed E-state index contributed by atoms with van der Waals surface area (Å²) in [6.07, 6.45) is 3.55. The Hall–Kier alpha value is -0.220. The summed E-state index contributed by atoms with van der Waals surface area (Å²) < 4.78 is 5.73. The van der Waals surface area contributed by atoms with E-state index in [-0.39, 0.29) is 5.60 Å². The second-order valence-electron chi connectivity index (χ2n) is 4.55. The molecule has 0 amide bonds. The number of amidine groups is 1. The van der Waals surface area contributed by atoms with Crippen LogP contribution in [-0.2, 0) is 4.74 Å². The summed E-state index contributed by atoms with van der Waals surface area (Å²) in [6, 6.07) is 0. The van der Waals surface area contributed by atoms with Crippen LogP contribution in [0.15, 0.2) is 4.99 Å². The Balaban J connectivity index is 1.74. The first-order valence-electron chi connectivity index (χ1n) is 5.81. The van der Waals surface area contributed by atoms with E-state index in [2.05, 4.69) is 24.2 Å². The van der Waals surface area contributed by atoms with Gasteiger partial charge >= 0.3 is 0 Å². The SMILES string of the molecule is CCC1CN=C(NCC2(C)CCCO2)S1. The van der Waals surface area contributed by atoms with E-state index in [4.69, 9.17) is 4.74 Å².